The first-order chi connectivity index (χ1) is 17.6. The van der Waals surface area contributed by atoms with Gasteiger partial charge < -0.3 is 14.6 Å². The van der Waals surface area contributed by atoms with E-state index in [9.17, 15) is 5.11 Å². The zero-order valence-corrected chi connectivity index (χ0v) is 20.9. The molecule has 1 atom stereocenters. The van der Waals surface area contributed by atoms with Crippen molar-refractivity contribution in [2.75, 3.05) is 13.2 Å². The summed E-state index contributed by atoms with van der Waals surface area (Å²) in [5, 5.41) is 15.7. The lowest BCUT2D eigenvalue weighted by molar-refractivity contribution is 0.0623. The van der Waals surface area contributed by atoms with E-state index in [1.54, 1.807) is 0 Å². The van der Waals surface area contributed by atoms with Gasteiger partial charge in [0.2, 0.25) is 5.88 Å². The second kappa shape index (κ2) is 11.0. The van der Waals surface area contributed by atoms with Crippen molar-refractivity contribution >= 4 is 0 Å². The van der Waals surface area contributed by atoms with E-state index in [0.717, 1.165) is 41.3 Å². The minimum absolute atomic E-state index is 0.252. The number of aromatic nitrogens is 2. The molecule has 6 nitrogen and oxygen atoms in total. The third-order valence-electron chi connectivity index (χ3n) is 6.43. The number of aliphatic hydroxyl groups excluding tert-OH is 1. The van der Waals surface area contributed by atoms with Crippen LogP contribution in [0.3, 0.4) is 0 Å². The molecule has 5 rings (SSSR count). The summed E-state index contributed by atoms with van der Waals surface area (Å²) in [4.78, 5) is 2.33. The number of nitrogens with zero attached hydrogens (tertiary/aromatic N) is 3. The maximum absolute atomic E-state index is 10.8. The molecule has 1 fully saturated rings. The summed E-state index contributed by atoms with van der Waals surface area (Å²) in [7, 11) is 0. The Balaban J connectivity index is 1.38. The number of hydrogen-bond donors (Lipinski definition) is 1. The molecule has 186 valence electrons. The average molecular weight is 484 g/mol. The fraction of sp³-hybridized carbons (Fsp3) is 0.300. The van der Waals surface area contributed by atoms with E-state index in [1.165, 1.54) is 5.56 Å². The molecule has 0 radical (unpaired) electrons. The van der Waals surface area contributed by atoms with E-state index < -0.39 is 6.10 Å². The van der Waals surface area contributed by atoms with Crippen LogP contribution in [0.15, 0.2) is 84.9 Å². The molecule has 1 saturated carbocycles. The fourth-order valence-corrected chi connectivity index (χ4v) is 4.31. The standard InChI is InChI=1S/C30H33N3O3/c1-22-13-17-28(18-14-22)36-30-29(23(2)31-33(30)25-9-5-3-6-10-25)20-32(24-15-16-24)19-26(34)21-35-27-11-7-4-8-12-27/h3-14,17-18,24,26,34H,15-16,19-21H2,1-2H3/t26-/m0/s1. The van der Waals surface area contributed by atoms with Crippen molar-refractivity contribution in [2.45, 2.75) is 45.4 Å². The molecule has 0 spiro atoms. The van der Waals surface area contributed by atoms with Gasteiger partial charge in [-0.15, -0.1) is 0 Å². The van der Waals surface area contributed by atoms with E-state index >= 15 is 0 Å². The van der Waals surface area contributed by atoms with Gasteiger partial charge in [-0.3, -0.25) is 4.90 Å². The summed E-state index contributed by atoms with van der Waals surface area (Å²) in [5.41, 5.74) is 4.08. The van der Waals surface area contributed by atoms with Gasteiger partial charge in [0, 0.05) is 19.1 Å². The molecule has 0 aliphatic heterocycles. The monoisotopic (exact) mass is 483 g/mol. The molecule has 0 bridgehead atoms. The lowest BCUT2D eigenvalue weighted by atomic mass is 10.2. The quantitative estimate of drug-likeness (QED) is 0.297. The normalized spacial score (nSPS) is 14.1. The zero-order chi connectivity index (χ0) is 24.9. The third-order valence-corrected chi connectivity index (χ3v) is 6.43. The second-order valence-electron chi connectivity index (χ2n) is 9.47. The molecular formula is C30H33N3O3. The van der Waals surface area contributed by atoms with Crippen LogP contribution in [0, 0.1) is 13.8 Å². The Kier molecular flexibility index (Phi) is 7.35. The van der Waals surface area contributed by atoms with Crippen LogP contribution in [0.2, 0.25) is 0 Å². The van der Waals surface area contributed by atoms with Crippen molar-refractivity contribution in [1.29, 1.82) is 0 Å². The number of aliphatic hydroxyl groups is 1. The van der Waals surface area contributed by atoms with E-state index in [-0.39, 0.29) is 6.61 Å². The number of ether oxygens (including phenoxy) is 2. The molecule has 1 aliphatic rings. The maximum atomic E-state index is 10.8. The molecule has 0 saturated heterocycles. The van der Waals surface area contributed by atoms with Gasteiger partial charge in [0.25, 0.3) is 0 Å². The predicted octanol–water partition coefficient (Wildman–Crippen LogP) is 5.69. The Morgan fingerprint density at radius 2 is 1.58 bits per heavy atom. The number of rotatable bonds is 11. The first-order valence-electron chi connectivity index (χ1n) is 12.6. The minimum atomic E-state index is -0.600. The number of benzene rings is 3. The summed E-state index contributed by atoms with van der Waals surface area (Å²) in [6, 6.07) is 28.2. The van der Waals surface area contributed by atoms with Gasteiger partial charge in [0.15, 0.2) is 0 Å². The highest BCUT2D eigenvalue weighted by molar-refractivity contribution is 5.43. The van der Waals surface area contributed by atoms with Crippen LogP contribution in [0.25, 0.3) is 5.69 Å². The first-order valence-corrected chi connectivity index (χ1v) is 12.6. The highest BCUT2D eigenvalue weighted by Crippen LogP contribution is 2.35. The zero-order valence-electron chi connectivity index (χ0n) is 20.9. The SMILES string of the molecule is Cc1ccc(Oc2c(CN(C[C@H](O)COc3ccccc3)C3CC3)c(C)nn2-c2ccccc2)cc1. The van der Waals surface area contributed by atoms with E-state index in [0.29, 0.717) is 25.0 Å². The summed E-state index contributed by atoms with van der Waals surface area (Å²) in [5.74, 6) is 2.25. The van der Waals surface area contributed by atoms with E-state index in [4.69, 9.17) is 14.6 Å². The molecule has 36 heavy (non-hydrogen) atoms. The van der Waals surface area contributed by atoms with E-state index in [1.807, 2.05) is 96.5 Å². The summed E-state index contributed by atoms with van der Waals surface area (Å²) >= 11 is 0. The third kappa shape index (κ3) is 5.96. The maximum Gasteiger partial charge on any atom is 0.227 e. The van der Waals surface area contributed by atoms with Crippen molar-refractivity contribution in [2.24, 2.45) is 0 Å². The summed E-state index contributed by atoms with van der Waals surface area (Å²) in [6.45, 7) is 5.51. The van der Waals surface area contributed by atoms with Crippen molar-refractivity contribution in [3.8, 4) is 23.1 Å². The van der Waals surface area contributed by atoms with Gasteiger partial charge in [-0.25, -0.2) is 4.68 Å². The number of hydrogen-bond acceptors (Lipinski definition) is 5. The number of para-hydroxylation sites is 2. The first kappa shape index (κ1) is 24.1. The largest absolute Gasteiger partial charge is 0.491 e. The topological polar surface area (TPSA) is 59.8 Å². The van der Waals surface area contributed by atoms with Gasteiger partial charge in [-0.05, 0) is 63.1 Å². The Morgan fingerprint density at radius 3 is 2.25 bits per heavy atom. The van der Waals surface area contributed by atoms with Gasteiger partial charge in [-0.1, -0.05) is 54.1 Å². The van der Waals surface area contributed by atoms with Gasteiger partial charge in [0.1, 0.15) is 24.2 Å². The van der Waals surface area contributed by atoms with Crippen LogP contribution in [-0.2, 0) is 6.54 Å². The average Bonchev–Trinajstić information content (AvgIpc) is 3.71. The smallest absolute Gasteiger partial charge is 0.227 e. The predicted molar refractivity (Wildman–Crippen MR) is 141 cm³/mol. The van der Waals surface area contributed by atoms with Crippen LogP contribution < -0.4 is 9.47 Å². The highest BCUT2D eigenvalue weighted by atomic mass is 16.5. The fourth-order valence-electron chi connectivity index (χ4n) is 4.31. The molecule has 1 N–H and O–H groups in total. The minimum Gasteiger partial charge on any atom is -0.491 e. The van der Waals surface area contributed by atoms with Crippen molar-refractivity contribution in [3.05, 3.63) is 102 Å². The summed E-state index contributed by atoms with van der Waals surface area (Å²) in [6.07, 6.45) is 1.66. The molecule has 1 aromatic heterocycles. The molecule has 3 aromatic carbocycles. The lowest BCUT2D eigenvalue weighted by Gasteiger charge is -2.25. The molecular weight excluding hydrogens is 450 g/mol. The Bertz CT molecular complexity index is 1250. The molecule has 4 aromatic rings. The van der Waals surface area contributed by atoms with Gasteiger partial charge >= 0.3 is 0 Å². The Morgan fingerprint density at radius 1 is 0.917 bits per heavy atom. The molecule has 6 heteroatoms. The molecule has 0 amide bonds. The van der Waals surface area contributed by atoms with Crippen LogP contribution >= 0.6 is 0 Å². The van der Waals surface area contributed by atoms with Crippen molar-refractivity contribution in [3.63, 3.8) is 0 Å². The van der Waals surface area contributed by atoms with Crippen LogP contribution in [-0.4, -0.2) is 45.1 Å². The molecule has 1 aliphatic carbocycles. The lowest BCUT2D eigenvalue weighted by Crippen LogP contribution is -2.36. The molecule has 1 heterocycles. The van der Waals surface area contributed by atoms with Crippen molar-refractivity contribution in [1.82, 2.24) is 14.7 Å². The van der Waals surface area contributed by atoms with Crippen molar-refractivity contribution < 1.29 is 14.6 Å². The second-order valence-corrected chi connectivity index (χ2v) is 9.47. The van der Waals surface area contributed by atoms with E-state index in [2.05, 4.69) is 11.8 Å². The highest BCUT2D eigenvalue weighted by Gasteiger charge is 2.32. The Labute approximate surface area is 212 Å². The van der Waals surface area contributed by atoms with Crippen LogP contribution in [0.4, 0.5) is 0 Å². The Hall–Kier alpha value is -3.61. The summed E-state index contributed by atoms with van der Waals surface area (Å²) < 4.78 is 14.1. The van der Waals surface area contributed by atoms with Crippen LogP contribution in [0.5, 0.6) is 17.4 Å². The van der Waals surface area contributed by atoms with Gasteiger partial charge in [-0.2, -0.15) is 5.10 Å². The number of aryl methyl sites for hydroxylation is 2. The van der Waals surface area contributed by atoms with Gasteiger partial charge in [0.05, 0.1) is 16.9 Å². The molecule has 0 unspecified atom stereocenters. The van der Waals surface area contributed by atoms with Crippen LogP contribution in [0.1, 0.15) is 29.7 Å².